The van der Waals surface area contributed by atoms with E-state index >= 15 is 0 Å². The van der Waals surface area contributed by atoms with Crippen LogP contribution in [0.2, 0.25) is 5.02 Å². The monoisotopic (exact) mass is 608 g/mol. The minimum Gasteiger partial charge on any atom is -0.497 e. The number of esters is 1. The van der Waals surface area contributed by atoms with Gasteiger partial charge in [0, 0.05) is 23.3 Å². The Morgan fingerprint density at radius 1 is 1.14 bits per heavy atom. The fraction of sp³-hybridized carbons (Fsp3) is 0.200. The third-order valence-corrected chi connectivity index (χ3v) is 7.93. The molecule has 0 aliphatic carbocycles. The second kappa shape index (κ2) is 11.7. The summed E-state index contributed by atoms with van der Waals surface area (Å²) in [6, 6.07) is 12.2. The van der Waals surface area contributed by atoms with Crippen LogP contribution in [0.1, 0.15) is 41.6 Å². The van der Waals surface area contributed by atoms with E-state index in [2.05, 4.69) is 4.99 Å². The molecule has 1 atom stereocenters. The summed E-state index contributed by atoms with van der Waals surface area (Å²) in [5.41, 5.74) is 1.38. The molecule has 10 nitrogen and oxygen atoms in total. The van der Waals surface area contributed by atoms with E-state index in [1.807, 2.05) is 0 Å². The highest BCUT2D eigenvalue weighted by molar-refractivity contribution is 7.07. The molecule has 12 heteroatoms. The molecule has 5 rings (SSSR count). The molecule has 0 radical (unpaired) electrons. The number of fused-ring (bicyclic) bond motifs is 1. The van der Waals surface area contributed by atoms with Crippen molar-refractivity contribution in [1.82, 2.24) is 4.57 Å². The number of aromatic nitrogens is 1. The first kappa shape index (κ1) is 28.9. The lowest BCUT2D eigenvalue weighted by Crippen LogP contribution is -2.40. The van der Waals surface area contributed by atoms with Crippen LogP contribution in [-0.4, -0.2) is 42.4 Å². The van der Waals surface area contributed by atoms with Gasteiger partial charge < -0.3 is 23.7 Å². The van der Waals surface area contributed by atoms with Crippen molar-refractivity contribution in [3.05, 3.63) is 101 Å². The average molecular weight is 609 g/mol. The van der Waals surface area contributed by atoms with E-state index in [4.69, 9.17) is 30.2 Å². The molecule has 3 heterocycles. The highest BCUT2D eigenvalue weighted by Gasteiger charge is 2.35. The molecule has 0 saturated heterocycles. The molecule has 1 aliphatic rings. The van der Waals surface area contributed by atoms with Crippen molar-refractivity contribution in [2.24, 2.45) is 4.99 Å². The first-order valence-corrected chi connectivity index (χ1v) is 13.9. The minimum absolute atomic E-state index is 0.0196. The SMILES string of the molecule is CCOC(=O)C1=C(C)N=c2sc(=Cc3ccc(-c4ccc(C(=O)O)c(Cl)c4)o3)c(=O)n2[C@H]1c1ccc(OC)cc1OC. The van der Waals surface area contributed by atoms with E-state index in [-0.39, 0.29) is 28.3 Å². The summed E-state index contributed by atoms with van der Waals surface area (Å²) in [5.74, 6) is 0.0819. The summed E-state index contributed by atoms with van der Waals surface area (Å²) >= 11 is 7.27. The van der Waals surface area contributed by atoms with Crippen LogP contribution in [0.15, 0.2) is 74.0 Å². The molecule has 0 bridgehead atoms. The molecule has 2 aromatic heterocycles. The van der Waals surface area contributed by atoms with E-state index in [0.29, 0.717) is 49.2 Å². The summed E-state index contributed by atoms with van der Waals surface area (Å²) in [7, 11) is 3.03. The lowest BCUT2D eigenvalue weighted by Gasteiger charge is -2.26. The zero-order valence-corrected chi connectivity index (χ0v) is 24.5. The molecule has 1 N–H and O–H groups in total. The summed E-state index contributed by atoms with van der Waals surface area (Å²) in [6.45, 7) is 3.56. The maximum Gasteiger partial charge on any atom is 0.338 e. The molecule has 4 aromatic rings. The Morgan fingerprint density at radius 2 is 1.93 bits per heavy atom. The van der Waals surface area contributed by atoms with E-state index in [1.165, 1.54) is 30.9 Å². The summed E-state index contributed by atoms with van der Waals surface area (Å²) in [6.07, 6.45) is 1.59. The second-order valence-electron chi connectivity index (χ2n) is 9.11. The lowest BCUT2D eigenvalue weighted by atomic mass is 9.95. The number of carbonyl (C=O) groups is 2. The Bertz CT molecular complexity index is 1930. The molecular weight excluding hydrogens is 584 g/mol. The standard InChI is InChI=1S/C30H25ClN2O8S/c1-5-40-29(37)25-15(2)32-30-33(26(25)20-10-7-17(38-3)13-23(20)39-4)27(34)24(42-30)14-18-8-11-22(41-18)16-6-9-19(28(35)36)21(31)12-16/h6-14,26H,5H2,1-4H3,(H,35,36)/t26-/m0/s1. The number of allylic oxidation sites excluding steroid dienone is 1. The number of furan rings is 1. The number of nitrogens with zero attached hydrogens (tertiary/aromatic N) is 2. The van der Waals surface area contributed by atoms with Crippen LogP contribution in [0.4, 0.5) is 0 Å². The number of rotatable bonds is 8. The van der Waals surface area contributed by atoms with Crippen LogP contribution in [-0.2, 0) is 9.53 Å². The van der Waals surface area contributed by atoms with Gasteiger partial charge in [0.15, 0.2) is 4.80 Å². The number of thiazole rings is 1. The van der Waals surface area contributed by atoms with Gasteiger partial charge in [-0.05, 0) is 50.2 Å². The van der Waals surface area contributed by atoms with Gasteiger partial charge in [-0.1, -0.05) is 29.0 Å². The van der Waals surface area contributed by atoms with E-state index in [9.17, 15) is 19.5 Å². The summed E-state index contributed by atoms with van der Waals surface area (Å²) < 4.78 is 24.0. The van der Waals surface area contributed by atoms with Crippen molar-refractivity contribution in [3.8, 4) is 22.8 Å². The normalized spacial score (nSPS) is 14.8. The first-order chi connectivity index (χ1) is 20.2. The predicted molar refractivity (Wildman–Crippen MR) is 156 cm³/mol. The number of carboxylic acid groups (broad SMARTS) is 1. The van der Waals surface area contributed by atoms with Crippen molar-refractivity contribution < 1.29 is 33.3 Å². The number of methoxy groups -OCH3 is 2. The molecule has 0 amide bonds. The van der Waals surface area contributed by atoms with Crippen LogP contribution in [0, 0.1) is 0 Å². The fourth-order valence-electron chi connectivity index (χ4n) is 4.69. The van der Waals surface area contributed by atoms with Gasteiger partial charge in [-0.2, -0.15) is 0 Å². The Hall–Kier alpha value is -4.61. The maximum atomic E-state index is 13.9. The Balaban J connectivity index is 1.64. The van der Waals surface area contributed by atoms with Gasteiger partial charge >= 0.3 is 11.9 Å². The van der Waals surface area contributed by atoms with Gasteiger partial charge in [-0.15, -0.1) is 0 Å². The van der Waals surface area contributed by atoms with Crippen molar-refractivity contribution in [3.63, 3.8) is 0 Å². The average Bonchev–Trinajstić information content (AvgIpc) is 3.56. The molecule has 2 aromatic carbocycles. The third-order valence-electron chi connectivity index (χ3n) is 6.64. The Kier molecular flexibility index (Phi) is 8.06. The van der Waals surface area contributed by atoms with Gasteiger partial charge in [-0.25, -0.2) is 14.6 Å². The Morgan fingerprint density at radius 3 is 2.60 bits per heavy atom. The fourth-order valence-corrected chi connectivity index (χ4v) is 5.97. The Labute approximate surface area is 248 Å². The molecule has 42 heavy (non-hydrogen) atoms. The van der Waals surface area contributed by atoms with Gasteiger partial charge in [0.2, 0.25) is 0 Å². The highest BCUT2D eigenvalue weighted by Crippen LogP contribution is 2.37. The number of hydrogen-bond donors (Lipinski definition) is 1. The number of ether oxygens (including phenoxy) is 3. The number of carbonyl (C=O) groups excluding carboxylic acids is 1. The van der Waals surface area contributed by atoms with E-state index in [0.717, 1.165) is 11.3 Å². The molecular formula is C30H25ClN2O8S. The van der Waals surface area contributed by atoms with Gasteiger partial charge in [0.05, 0.1) is 47.2 Å². The second-order valence-corrected chi connectivity index (χ2v) is 10.5. The maximum absolute atomic E-state index is 13.9. The van der Waals surface area contributed by atoms with Crippen molar-refractivity contribution in [2.75, 3.05) is 20.8 Å². The number of benzene rings is 2. The third kappa shape index (κ3) is 5.24. The molecule has 0 unspecified atom stereocenters. The predicted octanol–water partition coefficient (Wildman–Crippen LogP) is 4.43. The quantitative estimate of drug-likeness (QED) is 0.291. The number of hydrogen-bond acceptors (Lipinski definition) is 9. The van der Waals surface area contributed by atoms with Crippen LogP contribution in [0.5, 0.6) is 11.5 Å². The van der Waals surface area contributed by atoms with Crippen LogP contribution < -0.4 is 24.4 Å². The smallest absolute Gasteiger partial charge is 0.338 e. The lowest BCUT2D eigenvalue weighted by molar-refractivity contribution is -0.139. The zero-order valence-electron chi connectivity index (χ0n) is 23.0. The molecule has 1 aliphatic heterocycles. The van der Waals surface area contributed by atoms with Gasteiger partial charge in [0.25, 0.3) is 5.56 Å². The van der Waals surface area contributed by atoms with E-state index < -0.39 is 18.0 Å². The van der Waals surface area contributed by atoms with Gasteiger partial charge in [0.1, 0.15) is 29.1 Å². The highest BCUT2D eigenvalue weighted by atomic mass is 35.5. The van der Waals surface area contributed by atoms with Gasteiger partial charge in [-0.3, -0.25) is 9.36 Å². The first-order valence-electron chi connectivity index (χ1n) is 12.7. The number of carboxylic acids is 1. The minimum atomic E-state index is -1.13. The molecule has 0 saturated carbocycles. The van der Waals surface area contributed by atoms with Crippen LogP contribution >= 0.6 is 22.9 Å². The van der Waals surface area contributed by atoms with Crippen LogP contribution in [0.25, 0.3) is 17.4 Å². The summed E-state index contributed by atoms with van der Waals surface area (Å²) in [4.78, 5) is 43.3. The van der Waals surface area contributed by atoms with Crippen LogP contribution in [0.3, 0.4) is 0 Å². The largest absolute Gasteiger partial charge is 0.497 e. The molecule has 0 fully saturated rings. The number of halogens is 1. The van der Waals surface area contributed by atoms with Crippen molar-refractivity contribution in [1.29, 1.82) is 0 Å². The van der Waals surface area contributed by atoms with Crippen molar-refractivity contribution >= 4 is 41.0 Å². The van der Waals surface area contributed by atoms with E-state index in [1.54, 1.807) is 56.3 Å². The van der Waals surface area contributed by atoms with Crippen molar-refractivity contribution in [2.45, 2.75) is 19.9 Å². The number of aromatic carboxylic acids is 1. The summed E-state index contributed by atoms with van der Waals surface area (Å²) in [5, 5.41) is 9.31. The topological polar surface area (TPSA) is 130 Å². The molecule has 216 valence electrons. The molecule has 0 spiro atoms. The zero-order chi connectivity index (χ0) is 30.1.